The molecule has 0 saturated carbocycles. The van der Waals surface area contributed by atoms with Gasteiger partial charge in [-0.15, -0.1) is 0 Å². The molecule has 0 fully saturated rings. The van der Waals surface area contributed by atoms with E-state index in [2.05, 4.69) is 0 Å². The van der Waals surface area contributed by atoms with Crippen LogP contribution in [0, 0.1) is 11.6 Å². The molecule has 0 radical (unpaired) electrons. The van der Waals surface area contributed by atoms with Crippen molar-refractivity contribution in [2.45, 2.75) is 32.6 Å². The first-order valence-corrected chi connectivity index (χ1v) is 6.30. The zero-order chi connectivity index (χ0) is 14.4. The number of aliphatic hydroxyl groups is 1. The van der Waals surface area contributed by atoms with Crippen LogP contribution >= 0.6 is 0 Å². The molecule has 0 saturated heterocycles. The van der Waals surface area contributed by atoms with Crippen LogP contribution in [-0.4, -0.2) is 42.4 Å². The van der Waals surface area contributed by atoms with Gasteiger partial charge in [-0.2, -0.15) is 0 Å². The van der Waals surface area contributed by atoms with Crippen LogP contribution in [-0.2, 0) is 11.3 Å². The van der Waals surface area contributed by atoms with Gasteiger partial charge in [0, 0.05) is 24.7 Å². The van der Waals surface area contributed by atoms with E-state index in [1.807, 2.05) is 13.8 Å². The van der Waals surface area contributed by atoms with E-state index in [4.69, 9.17) is 4.74 Å². The van der Waals surface area contributed by atoms with Crippen molar-refractivity contribution in [2.24, 2.45) is 0 Å². The second-order valence-electron chi connectivity index (χ2n) is 4.97. The Labute approximate surface area is 112 Å². The summed E-state index contributed by atoms with van der Waals surface area (Å²) in [5, 5.41) is 9.74. The van der Waals surface area contributed by atoms with Gasteiger partial charge in [0.15, 0.2) is 0 Å². The summed E-state index contributed by atoms with van der Waals surface area (Å²) >= 11 is 0. The second kappa shape index (κ2) is 7.53. The van der Waals surface area contributed by atoms with E-state index < -0.39 is 17.7 Å². The van der Waals surface area contributed by atoms with Gasteiger partial charge in [-0.3, -0.25) is 4.90 Å². The maximum absolute atomic E-state index is 13.4. The molecule has 5 heteroatoms. The van der Waals surface area contributed by atoms with E-state index in [1.165, 1.54) is 12.1 Å². The fourth-order valence-corrected chi connectivity index (χ4v) is 1.72. The minimum Gasteiger partial charge on any atom is -0.389 e. The number of ether oxygens (including phenoxy) is 1. The van der Waals surface area contributed by atoms with Crippen LogP contribution in [0.1, 0.15) is 19.4 Å². The van der Waals surface area contributed by atoms with Gasteiger partial charge in [-0.05, 0) is 27.0 Å². The van der Waals surface area contributed by atoms with E-state index in [0.29, 0.717) is 18.7 Å². The Morgan fingerprint density at radius 1 is 1.32 bits per heavy atom. The van der Waals surface area contributed by atoms with Crippen molar-refractivity contribution in [2.75, 3.05) is 20.2 Å². The van der Waals surface area contributed by atoms with Crippen molar-refractivity contribution in [1.29, 1.82) is 0 Å². The normalized spacial score (nSPS) is 13.3. The molecule has 0 amide bonds. The summed E-state index contributed by atoms with van der Waals surface area (Å²) in [4.78, 5) is 1.77. The van der Waals surface area contributed by atoms with Crippen molar-refractivity contribution >= 4 is 0 Å². The van der Waals surface area contributed by atoms with Gasteiger partial charge < -0.3 is 9.84 Å². The van der Waals surface area contributed by atoms with Gasteiger partial charge in [0.05, 0.1) is 18.8 Å². The lowest BCUT2D eigenvalue weighted by Gasteiger charge is -2.21. The standard InChI is InChI=1S/C14H21F2NO2/c1-10(2)19-9-13(18)8-17(3)7-11-4-5-12(15)6-14(11)16/h4-6,10,13,18H,7-9H2,1-3H3. The fraction of sp³-hybridized carbons (Fsp3) is 0.571. The molecule has 0 aliphatic rings. The average molecular weight is 273 g/mol. The molecule has 1 aromatic rings. The molecule has 1 atom stereocenters. The number of hydrogen-bond donors (Lipinski definition) is 1. The quantitative estimate of drug-likeness (QED) is 0.826. The highest BCUT2D eigenvalue weighted by Gasteiger charge is 2.12. The Hall–Kier alpha value is -1.04. The Kier molecular flexibility index (Phi) is 6.34. The summed E-state index contributed by atoms with van der Waals surface area (Å²) < 4.78 is 31.5. The fourth-order valence-electron chi connectivity index (χ4n) is 1.72. The SMILES string of the molecule is CC(C)OCC(O)CN(C)Cc1ccc(F)cc1F. The number of hydrogen-bond acceptors (Lipinski definition) is 3. The minimum atomic E-state index is -0.629. The van der Waals surface area contributed by atoms with Gasteiger partial charge in [0.2, 0.25) is 0 Å². The lowest BCUT2D eigenvalue weighted by atomic mass is 10.2. The smallest absolute Gasteiger partial charge is 0.130 e. The Morgan fingerprint density at radius 2 is 2.00 bits per heavy atom. The molecule has 0 spiro atoms. The summed E-state index contributed by atoms with van der Waals surface area (Å²) in [6, 6.07) is 3.50. The zero-order valence-electron chi connectivity index (χ0n) is 11.6. The lowest BCUT2D eigenvalue weighted by molar-refractivity contribution is -0.00643. The summed E-state index contributed by atoms with van der Waals surface area (Å²) in [6.45, 7) is 4.71. The van der Waals surface area contributed by atoms with Crippen LogP contribution in [0.4, 0.5) is 8.78 Å². The topological polar surface area (TPSA) is 32.7 Å². The third-order valence-corrected chi connectivity index (χ3v) is 2.60. The highest BCUT2D eigenvalue weighted by atomic mass is 19.1. The predicted octanol–water partition coefficient (Wildman–Crippen LogP) is 2.18. The first kappa shape index (κ1) is 16.0. The van der Waals surface area contributed by atoms with Crippen LogP contribution in [0.3, 0.4) is 0 Å². The Balaban J connectivity index is 2.44. The molecular weight excluding hydrogens is 252 g/mol. The molecule has 0 bridgehead atoms. The van der Waals surface area contributed by atoms with Gasteiger partial charge in [0.1, 0.15) is 11.6 Å². The first-order valence-electron chi connectivity index (χ1n) is 6.30. The molecule has 0 heterocycles. The van der Waals surface area contributed by atoms with E-state index in [1.54, 1.807) is 11.9 Å². The second-order valence-corrected chi connectivity index (χ2v) is 4.97. The van der Waals surface area contributed by atoms with Crippen molar-refractivity contribution in [3.63, 3.8) is 0 Å². The van der Waals surface area contributed by atoms with Crippen molar-refractivity contribution in [3.8, 4) is 0 Å². The molecule has 0 aliphatic heterocycles. The van der Waals surface area contributed by atoms with Gasteiger partial charge in [-0.1, -0.05) is 6.07 Å². The van der Waals surface area contributed by atoms with Gasteiger partial charge in [0.25, 0.3) is 0 Å². The molecule has 1 aromatic carbocycles. The van der Waals surface area contributed by atoms with E-state index in [9.17, 15) is 13.9 Å². The molecule has 0 aromatic heterocycles. The largest absolute Gasteiger partial charge is 0.389 e. The summed E-state index contributed by atoms with van der Waals surface area (Å²) in [5.41, 5.74) is 0.404. The Bertz CT molecular complexity index is 399. The molecule has 0 aliphatic carbocycles. The summed E-state index contributed by atoms with van der Waals surface area (Å²) in [7, 11) is 1.77. The highest BCUT2D eigenvalue weighted by molar-refractivity contribution is 5.18. The van der Waals surface area contributed by atoms with Crippen molar-refractivity contribution in [3.05, 3.63) is 35.4 Å². The molecule has 1 N–H and O–H groups in total. The molecule has 19 heavy (non-hydrogen) atoms. The molecule has 1 unspecified atom stereocenters. The van der Waals surface area contributed by atoms with Crippen LogP contribution in [0.25, 0.3) is 0 Å². The van der Waals surface area contributed by atoms with Gasteiger partial charge >= 0.3 is 0 Å². The lowest BCUT2D eigenvalue weighted by Crippen LogP contribution is -2.32. The van der Waals surface area contributed by atoms with Crippen LogP contribution in [0.15, 0.2) is 18.2 Å². The molecule has 1 rings (SSSR count). The highest BCUT2D eigenvalue weighted by Crippen LogP contribution is 2.11. The van der Waals surface area contributed by atoms with E-state index in [0.717, 1.165) is 6.07 Å². The Morgan fingerprint density at radius 3 is 2.58 bits per heavy atom. The van der Waals surface area contributed by atoms with E-state index in [-0.39, 0.29) is 12.7 Å². The number of aliphatic hydroxyl groups excluding tert-OH is 1. The summed E-state index contributed by atoms with van der Waals surface area (Å²) in [5.74, 6) is -1.16. The average Bonchev–Trinajstić information content (AvgIpc) is 2.30. The summed E-state index contributed by atoms with van der Waals surface area (Å²) in [6.07, 6.45) is -0.564. The van der Waals surface area contributed by atoms with Crippen LogP contribution in [0.2, 0.25) is 0 Å². The third kappa shape index (κ3) is 6.09. The van der Waals surface area contributed by atoms with Crippen LogP contribution in [0.5, 0.6) is 0 Å². The van der Waals surface area contributed by atoms with E-state index >= 15 is 0 Å². The predicted molar refractivity (Wildman–Crippen MR) is 69.8 cm³/mol. The first-order chi connectivity index (χ1) is 8.88. The molecule has 3 nitrogen and oxygen atoms in total. The zero-order valence-corrected chi connectivity index (χ0v) is 11.6. The van der Waals surface area contributed by atoms with Crippen molar-refractivity contribution < 1.29 is 18.6 Å². The molecule has 108 valence electrons. The molecular formula is C14H21F2NO2. The number of halogens is 2. The maximum atomic E-state index is 13.4. The van der Waals surface area contributed by atoms with Crippen molar-refractivity contribution in [1.82, 2.24) is 4.90 Å². The number of likely N-dealkylation sites (N-methyl/N-ethyl adjacent to an activating group) is 1. The number of benzene rings is 1. The monoisotopic (exact) mass is 273 g/mol. The van der Waals surface area contributed by atoms with Gasteiger partial charge in [-0.25, -0.2) is 8.78 Å². The maximum Gasteiger partial charge on any atom is 0.130 e. The third-order valence-electron chi connectivity index (χ3n) is 2.60. The minimum absolute atomic E-state index is 0.0644. The van der Waals surface area contributed by atoms with Crippen LogP contribution < -0.4 is 0 Å². The number of nitrogens with zero attached hydrogens (tertiary/aromatic N) is 1. The number of rotatable bonds is 7.